The average Bonchev–Trinajstić information content (AvgIpc) is 2.29. The molecule has 16 heavy (non-hydrogen) atoms. The molecule has 1 aromatic carbocycles. The van der Waals surface area contributed by atoms with Crippen molar-refractivity contribution >= 4 is 9.84 Å². The molecule has 5 heteroatoms. The number of ether oxygens (including phenoxy) is 1. The lowest BCUT2D eigenvalue weighted by Crippen LogP contribution is -2.33. The summed E-state index contributed by atoms with van der Waals surface area (Å²) in [6.07, 6.45) is 1.24. The van der Waals surface area contributed by atoms with E-state index in [1.165, 1.54) is 6.26 Å². The smallest absolute Gasteiger partial charge is 0.175 e. The minimum absolute atomic E-state index is 0.0300. The Morgan fingerprint density at radius 3 is 2.50 bits per heavy atom. The van der Waals surface area contributed by atoms with Crippen LogP contribution in [0.3, 0.4) is 0 Å². The minimum Gasteiger partial charge on any atom is -0.371 e. The van der Waals surface area contributed by atoms with Crippen molar-refractivity contribution in [3.63, 3.8) is 0 Å². The van der Waals surface area contributed by atoms with E-state index in [1.807, 2.05) is 12.1 Å². The molecule has 0 bridgehead atoms. The van der Waals surface area contributed by atoms with Crippen LogP contribution in [0.2, 0.25) is 0 Å². The van der Waals surface area contributed by atoms with Crippen LogP contribution in [0.15, 0.2) is 29.2 Å². The Labute approximate surface area is 95.5 Å². The van der Waals surface area contributed by atoms with Crippen molar-refractivity contribution in [2.24, 2.45) is 0 Å². The molecule has 0 aliphatic carbocycles. The van der Waals surface area contributed by atoms with Crippen LogP contribution in [0.25, 0.3) is 0 Å². The average molecular weight is 241 g/mol. The molecule has 0 spiro atoms. The predicted molar refractivity (Wildman–Crippen MR) is 61.1 cm³/mol. The Balaban J connectivity index is 2.18. The predicted octanol–water partition coefficient (Wildman–Crippen LogP) is 0.751. The molecule has 2 rings (SSSR count). The van der Waals surface area contributed by atoms with Gasteiger partial charge in [0.2, 0.25) is 0 Å². The van der Waals surface area contributed by atoms with Crippen molar-refractivity contribution in [2.45, 2.75) is 11.0 Å². The molecule has 1 heterocycles. The van der Waals surface area contributed by atoms with Crippen LogP contribution in [0.5, 0.6) is 0 Å². The summed E-state index contributed by atoms with van der Waals surface area (Å²) in [5.74, 6) is 0. The molecule has 0 unspecified atom stereocenters. The molecule has 4 nitrogen and oxygen atoms in total. The van der Waals surface area contributed by atoms with Gasteiger partial charge in [-0.25, -0.2) is 8.42 Å². The van der Waals surface area contributed by atoms with E-state index in [9.17, 15) is 8.42 Å². The van der Waals surface area contributed by atoms with Crippen LogP contribution in [-0.4, -0.2) is 34.4 Å². The zero-order valence-electron chi connectivity index (χ0n) is 9.14. The Kier molecular flexibility index (Phi) is 3.28. The Morgan fingerprint density at radius 2 is 2.00 bits per heavy atom. The molecule has 88 valence electrons. The first kappa shape index (κ1) is 11.6. The Hall–Kier alpha value is -0.910. The third kappa shape index (κ3) is 2.61. The maximum absolute atomic E-state index is 11.3. The fraction of sp³-hybridized carbons (Fsp3) is 0.455. The summed E-state index contributed by atoms with van der Waals surface area (Å²) in [6.45, 7) is 2.34. The first-order valence-electron chi connectivity index (χ1n) is 5.20. The van der Waals surface area contributed by atoms with E-state index >= 15 is 0 Å². The largest absolute Gasteiger partial charge is 0.371 e. The molecule has 0 aromatic heterocycles. The van der Waals surface area contributed by atoms with E-state index in [2.05, 4.69) is 5.32 Å². The lowest BCUT2D eigenvalue weighted by molar-refractivity contribution is 0.0277. The molecule has 1 N–H and O–H groups in total. The van der Waals surface area contributed by atoms with Gasteiger partial charge in [-0.05, 0) is 17.7 Å². The van der Waals surface area contributed by atoms with Crippen LogP contribution < -0.4 is 5.32 Å². The highest BCUT2D eigenvalue weighted by Crippen LogP contribution is 2.20. The van der Waals surface area contributed by atoms with Gasteiger partial charge >= 0.3 is 0 Å². The van der Waals surface area contributed by atoms with Crippen LogP contribution in [0, 0.1) is 0 Å². The van der Waals surface area contributed by atoms with E-state index in [0.717, 1.165) is 18.7 Å². The molecule has 0 radical (unpaired) electrons. The maximum atomic E-state index is 11.3. The molecule has 1 fully saturated rings. The summed E-state index contributed by atoms with van der Waals surface area (Å²) >= 11 is 0. The summed E-state index contributed by atoms with van der Waals surface area (Å²) in [5.41, 5.74) is 1.01. The van der Waals surface area contributed by atoms with Gasteiger partial charge in [-0.1, -0.05) is 12.1 Å². The number of hydrogen-bond acceptors (Lipinski definition) is 4. The molecule has 1 aliphatic rings. The van der Waals surface area contributed by atoms with Gasteiger partial charge in [-0.2, -0.15) is 0 Å². The van der Waals surface area contributed by atoms with Gasteiger partial charge in [0.05, 0.1) is 17.6 Å². The van der Waals surface area contributed by atoms with Crippen molar-refractivity contribution < 1.29 is 13.2 Å². The van der Waals surface area contributed by atoms with Crippen molar-refractivity contribution in [3.05, 3.63) is 29.8 Å². The van der Waals surface area contributed by atoms with Crippen LogP contribution in [0.1, 0.15) is 11.7 Å². The Morgan fingerprint density at radius 1 is 1.31 bits per heavy atom. The number of sulfone groups is 1. The molecule has 0 saturated carbocycles. The standard InChI is InChI=1S/C11H15NO3S/c1-16(13,14)10-4-2-9(3-5-10)11-8-12-6-7-15-11/h2-5,11-12H,6-8H2,1H3/t11-/m1/s1. The lowest BCUT2D eigenvalue weighted by Gasteiger charge is -2.23. The molecule has 1 saturated heterocycles. The van der Waals surface area contributed by atoms with Gasteiger partial charge in [0.1, 0.15) is 0 Å². The third-order valence-corrected chi connectivity index (χ3v) is 3.74. The van der Waals surface area contributed by atoms with E-state index in [-0.39, 0.29) is 6.10 Å². The zero-order chi connectivity index (χ0) is 11.6. The fourth-order valence-corrected chi connectivity index (χ4v) is 2.34. The normalized spacial score (nSPS) is 21.9. The third-order valence-electron chi connectivity index (χ3n) is 2.61. The topological polar surface area (TPSA) is 55.4 Å². The Bertz CT molecular complexity index is 447. The van der Waals surface area contributed by atoms with Crippen LogP contribution in [0.4, 0.5) is 0 Å². The summed E-state index contributed by atoms with van der Waals surface area (Å²) < 4.78 is 28.1. The van der Waals surface area contributed by atoms with Gasteiger partial charge in [0, 0.05) is 19.3 Å². The van der Waals surface area contributed by atoms with Crippen molar-refractivity contribution in [1.82, 2.24) is 5.32 Å². The fourth-order valence-electron chi connectivity index (χ4n) is 1.71. The minimum atomic E-state index is -3.11. The summed E-state index contributed by atoms with van der Waals surface area (Å²) in [5, 5.41) is 3.23. The van der Waals surface area contributed by atoms with E-state index in [1.54, 1.807) is 12.1 Å². The summed E-state index contributed by atoms with van der Waals surface area (Å²) in [4.78, 5) is 0.347. The molecule has 0 amide bonds. The summed E-state index contributed by atoms with van der Waals surface area (Å²) in [6, 6.07) is 6.88. The second-order valence-electron chi connectivity index (χ2n) is 3.90. The summed E-state index contributed by atoms with van der Waals surface area (Å²) in [7, 11) is -3.11. The van der Waals surface area contributed by atoms with Gasteiger partial charge < -0.3 is 10.1 Å². The van der Waals surface area contributed by atoms with Gasteiger partial charge in [-0.15, -0.1) is 0 Å². The second kappa shape index (κ2) is 4.53. The van der Waals surface area contributed by atoms with Crippen LogP contribution in [-0.2, 0) is 14.6 Å². The van der Waals surface area contributed by atoms with E-state index in [0.29, 0.717) is 11.5 Å². The first-order valence-corrected chi connectivity index (χ1v) is 7.09. The number of benzene rings is 1. The maximum Gasteiger partial charge on any atom is 0.175 e. The monoisotopic (exact) mass is 241 g/mol. The SMILES string of the molecule is CS(=O)(=O)c1ccc([C@H]2CNCCO2)cc1. The van der Waals surface area contributed by atoms with Gasteiger partial charge in [0.15, 0.2) is 9.84 Å². The first-order chi connectivity index (χ1) is 7.57. The number of hydrogen-bond donors (Lipinski definition) is 1. The van der Waals surface area contributed by atoms with Crippen LogP contribution >= 0.6 is 0 Å². The quantitative estimate of drug-likeness (QED) is 0.830. The van der Waals surface area contributed by atoms with E-state index in [4.69, 9.17) is 4.74 Å². The highest BCUT2D eigenvalue weighted by molar-refractivity contribution is 7.90. The zero-order valence-corrected chi connectivity index (χ0v) is 9.96. The van der Waals surface area contributed by atoms with E-state index < -0.39 is 9.84 Å². The highest BCUT2D eigenvalue weighted by Gasteiger charge is 2.16. The number of nitrogens with one attached hydrogen (secondary N) is 1. The second-order valence-corrected chi connectivity index (χ2v) is 5.92. The highest BCUT2D eigenvalue weighted by atomic mass is 32.2. The van der Waals surface area contributed by atoms with Gasteiger partial charge in [0.25, 0.3) is 0 Å². The van der Waals surface area contributed by atoms with Crippen molar-refractivity contribution in [3.8, 4) is 0 Å². The molecular formula is C11H15NO3S. The molecule has 1 atom stereocenters. The molecular weight excluding hydrogens is 226 g/mol. The van der Waals surface area contributed by atoms with Crippen molar-refractivity contribution in [2.75, 3.05) is 26.0 Å². The van der Waals surface area contributed by atoms with Crippen molar-refractivity contribution in [1.29, 1.82) is 0 Å². The van der Waals surface area contributed by atoms with Gasteiger partial charge in [-0.3, -0.25) is 0 Å². The molecule has 1 aromatic rings. The number of rotatable bonds is 2. The number of morpholine rings is 1. The lowest BCUT2D eigenvalue weighted by atomic mass is 10.1. The molecule has 1 aliphatic heterocycles.